The summed E-state index contributed by atoms with van der Waals surface area (Å²) in [5, 5.41) is 6.04. The Bertz CT molecular complexity index is 673. The molecule has 0 fully saturated rings. The fourth-order valence-corrected chi connectivity index (χ4v) is 2.22. The van der Waals surface area contributed by atoms with Crippen LogP contribution in [-0.2, 0) is 6.61 Å². The second-order valence-electron chi connectivity index (χ2n) is 5.35. The van der Waals surface area contributed by atoms with Crippen molar-refractivity contribution in [2.75, 3.05) is 26.2 Å². The maximum Gasteiger partial charge on any atom is 0.251 e. The van der Waals surface area contributed by atoms with Gasteiger partial charge in [-0.25, -0.2) is 0 Å². The predicted molar refractivity (Wildman–Crippen MR) is 112 cm³/mol. The Balaban J connectivity index is 0.00000338. The number of aromatic nitrogens is 1. The number of nitrogens with zero attached hydrogens (tertiary/aromatic N) is 1. The zero-order chi connectivity index (χ0) is 17.9. The first-order valence-electron chi connectivity index (χ1n) is 8.52. The maximum absolute atomic E-state index is 12.2. The molecule has 0 aliphatic heterocycles. The summed E-state index contributed by atoms with van der Waals surface area (Å²) in [6, 6.07) is 9.03. The van der Waals surface area contributed by atoms with E-state index in [1.807, 2.05) is 26.0 Å². The molecule has 150 valence electrons. The molecule has 0 radical (unpaired) electrons. The third-order valence-electron chi connectivity index (χ3n) is 3.46. The van der Waals surface area contributed by atoms with E-state index in [0.29, 0.717) is 36.8 Å². The van der Waals surface area contributed by atoms with Gasteiger partial charge in [-0.3, -0.25) is 9.78 Å². The number of nitrogens with one attached hydrogen (secondary N) is 2. The van der Waals surface area contributed by atoms with E-state index in [-0.39, 0.29) is 30.7 Å². The monoisotopic (exact) mass is 415 g/mol. The number of hydrogen-bond acceptors (Lipinski definition) is 5. The molecule has 2 rings (SSSR count). The Morgan fingerprint density at radius 1 is 1.07 bits per heavy atom. The predicted octanol–water partition coefficient (Wildman–Crippen LogP) is 3.24. The molecule has 1 amide bonds. The van der Waals surface area contributed by atoms with E-state index >= 15 is 0 Å². The summed E-state index contributed by atoms with van der Waals surface area (Å²) in [5.41, 5.74) is 1.52. The summed E-state index contributed by atoms with van der Waals surface area (Å²) in [4.78, 5) is 16.3. The summed E-state index contributed by atoms with van der Waals surface area (Å²) in [6.45, 7) is 7.02. The van der Waals surface area contributed by atoms with Crippen molar-refractivity contribution in [1.82, 2.24) is 15.6 Å². The first-order chi connectivity index (χ1) is 12.2. The van der Waals surface area contributed by atoms with Gasteiger partial charge < -0.3 is 20.1 Å². The Morgan fingerprint density at radius 2 is 1.89 bits per heavy atom. The standard InChI is InChI=1S/C19H25N3O3.2ClH/c1-3-20-10-11-22-19(23)16-7-8-17(18(12-16)24-4-2)25-14-15-6-5-9-21-13-15;;/h5-9,12-13,20H,3-4,10-11,14H2,1-2H3,(H,22,23);2*1H. The van der Waals surface area contributed by atoms with E-state index in [0.717, 1.165) is 18.7 Å². The molecule has 1 aromatic heterocycles. The van der Waals surface area contributed by atoms with E-state index in [4.69, 9.17) is 9.47 Å². The van der Waals surface area contributed by atoms with Gasteiger partial charge in [-0.1, -0.05) is 13.0 Å². The van der Waals surface area contributed by atoms with Crippen LogP contribution in [0, 0.1) is 0 Å². The Kier molecular flexibility index (Phi) is 13.0. The van der Waals surface area contributed by atoms with Crippen molar-refractivity contribution < 1.29 is 14.3 Å². The average Bonchev–Trinajstić information content (AvgIpc) is 2.65. The summed E-state index contributed by atoms with van der Waals surface area (Å²) < 4.78 is 11.4. The van der Waals surface area contributed by atoms with Crippen LogP contribution in [0.25, 0.3) is 0 Å². The van der Waals surface area contributed by atoms with Gasteiger partial charge >= 0.3 is 0 Å². The third kappa shape index (κ3) is 8.47. The maximum atomic E-state index is 12.2. The highest BCUT2D eigenvalue weighted by atomic mass is 35.5. The largest absolute Gasteiger partial charge is 0.490 e. The van der Waals surface area contributed by atoms with Gasteiger partial charge in [0.2, 0.25) is 0 Å². The summed E-state index contributed by atoms with van der Waals surface area (Å²) in [6.07, 6.45) is 3.48. The van der Waals surface area contributed by atoms with Crippen LogP contribution in [0.4, 0.5) is 0 Å². The second kappa shape index (κ2) is 14.1. The summed E-state index contributed by atoms with van der Waals surface area (Å²) in [7, 11) is 0. The Labute approximate surface area is 172 Å². The number of pyridine rings is 1. The van der Waals surface area contributed by atoms with Gasteiger partial charge in [-0.2, -0.15) is 0 Å². The number of ether oxygens (including phenoxy) is 2. The zero-order valence-electron chi connectivity index (χ0n) is 15.6. The Hall–Kier alpha value is -2.02. The molecule has 6 nitrogen and oxygen atoms in total. The fraction of sp³-hybridized carbons (Fsp3) is 0.368. The van der Waals surface area contributed by atoms with Gasteiger partial charge in [0.15, 0.2) is 11.5 Å². The number of carbonyl (C=O) groups excluding carboxylic acids is 1. The summed E-state index contributed by atoms with van der Waals surface area (Å²) in [5.74, 6) is 1.04. The van der Waals surface area contributed by atoms with Crippen LogP contribution in [0.15, 0.2) is 42.7 Å². The van der Waals surface area contributed by atoms with Crippen molar-refractivity contribution in [3.63, 3.8) is 0 Å². The van der Waals surface area contributed by atoms with Crippen molar-refractivity contribution in [3.8, 4) is 11.5 Å². The van der Waals surface area contributed by atoms with Crippen molar-refractivity contribution in [2.24, 2.45) is 0 Å². The van der Waals surface area contributed by atoms with Crippen LogP contribution >= 0.6 is 24.8 Å². The first-order valence-corrected chi connectivity index (χ1v) is 8.52. The lowest BCUT2D eigenvalue weighted by atomic mass is 10.2. The lowest BCUT2D eigenvalue weighted by molar-refractivity contribution is 0.0953. The van der Waals surface area contributed by atoms with Crippen molar-refractivity contribution in [1.29, 1.82) is 0 Å². The van der Waals surface area contributed by atoms with Crippen LogP contribution in [-0.4, -0.2) is 37.1 Å². The lowest BCUT2D eigenvalue weighted by Crippen LogP contribution is -2.31. The molecule has 0 bridgehead atoms. The number of carbonyl (C=O) groups is 1. The molecule has 0 saturated carbocycles. The molecular weight excluding hydrogens is 389 g/mol. The molecule has 8 heteroatoms. The molecule has 0 aliphatic rings. The van der Waals surface area contributed by atoms with Gasteiger partial charge in [-0.15, -0.1) is 24.8 Å². The molecule has 1 aromatic carbocycles. The molecular formula is C19H27Cl2N3O3. The van der Waals surface area contributed by atoms with E-state index in [1.165, 1.54) is 0 Å². The fourth-order valence-electron chi connectivity index (χ4n) is 2.22. The van der Waals surface area contributed by atoms with Crippen LogP contribution in [0.5, 0.6) is 11.5 Å². The van der Waals surface area contributed by atoms with E-state index in [1.54, 1.807) is 30.6 Å². The molecule has 0 atom stereocenters. The van der Waals surface area contributed by atoms with E-state index < -0.39 is 0 Å². The van der Waals surface area contributed by atoms with E-state index in [2.05, 4.69) is 15.6 Å². The highest BCUT2D eigenvalue weighted by Gasteiger charge is 2.11. The first kappa shape index (κ1) is 25.0. The van der Waals surface area contributed by atoms with Gasteiger partial charge in [0.1, 0.15) is 6.61 Å². The van der Waals surface area contributed by atoms with Gasteiger partial charge in [0.25, 0.3) is 5.91 Å². The minimum absolute atomic E-state index is 0. The van der Waals surface area contributed by atoms with Crippen molar-refractivity contribution >= 4 is 30.7 Å². The van der Waals surface area contributed by atoms with Crippen LogP contribution < -0.4 is 20.1 Å². The smallest absolute Gasteiger partial charge is 0.251 e. The molecule has 2 N–H and O–H groups in total. The molecule has 27 heavy (non-hydrogen) atoms. The number of amides is 1. The molecule has 0 unspecified atom stereocenters. The normalized spacial score (nSPS) is 9.56. The van der Waals surface area contributed by atoms with E-state index in [9.17, 15) is 4.79 Å². The van der Waals surface area contributed by atoms with Crippen molar-refractivity contribution in [2.45, 2.75) is 20.5 Å². The third-order valence-corrected chi connectivity index (χ3v) is 3.46. The van der Waals surface area contributed by atoms with Gasteiger partial charge in [0, 0.05) is 36.6 Å². The SMILES string of the molecule is CCNCCNC(=O)c1ccc(OCc2cccnc2)c(OCC)c1.Cl.Cl. The topological polar surface area (TPSA) is 72.5 Å². The number of benzene rings is 1. The second-order valence-corrected chi connectivity index (χ2v) is 5.35. The molecule has 0 aliphatic carbocycles. The van der Waals surface area contributed by atoms with Crippen LogP contribution in [0.1, 0.15) is 29.8 Å². The minimum atomic E-state index is -0.127. The Morgan fingerprint density at radius 3 is 2.56 bits per heavy atom. The zero-order valence-corrected chi connectivity index (χ0v) is 17.2. The minimum Gasteiger partial charge on any atom is -0.490 e. The lowest BCUT2D eigenvalue weighted by Gasteiger charge is -2.13. The number of halogens is 2. The molecule has 0 saturated heterocycles. The highest BCUT2D eigenvalue weighted by molar-refractivity contribution is 5.94. The van der Waals surface area contributed by atoms with Crippen LogP contribution in [0.3, 0.4) is 0 Å². The number of likely N-dealkylation sites (N-methyl/N-ethyl adjacent to an activating group) is 1. The van der Waals surface area contributed by atoms with Crippen LogP contribution in [0.2, 0.25) is 0 Å². The summed E-state index contributed by atoms with van der Waals surface area (Å²) >= 11 is 0. The average molecular weight is 416 g/mol. The molecule has 0 spiro atoms. The number of rotatable bonds is 10. The van der Waals surface area contributed by atoms with Gasteiger partial charge in [-0.05, 0) is 37.7 Å². The van der Waals surface area contributed by atoms with Crippen molar-refractivity contribution in [3.05, 3.63) is 53.9 Å². The molecule has 1 heterocycles. The van der Waals surface area contributed by atoms with Gasteiger partial charge in [0.05, 0.1) is 6.61 Å². The quantitative estimate of drug-likeness (QED) is 0.582. The molecule has 2 aromatic rings. The highest BCUT2D eigenvalue weighted by Crippen LogP contribution is 2.29. The number of hydrogen-bond donors (Lipinski definition) is 2.